The third-order valence-corrected chi connectivity index (χ3v) is 5.30. The molecule has 0 spiro atoms. The van der Waals surface area contributed by atoms with Crippen LogP contribution >= 0.6 is 0 Å². The monoisotopic (exact) mass is 393 g/mol. The Kier molecular flexibility index (Phi) is 8.79. The number of unbranched alkanes of at least 4 members (excludes halogenated alkanes) is 1. The van der Waals surface area contributed by atoms with E-state index >= 15 is 0 Å². The molecular weight excluding hydrogens is 354 g/mol. The van der Waals surface area contributed by atoms with Crippen LogP contribution in [0.2, 0.25) is 0 Å². The predicted molar refractivity (Wildman–Crippen MR) is 115 cm³/mol. The second kappa shape index (κ2) is 10.8. The number of aliphatic hydroxyl groups is 1. The molecule has 7 heteroatoms. The number of furan rings is 1. The number of nitrogens with one attached hydrogen (secondary N) is 2. The van der Waals surface area contributed by atoms with Gasteiger partial charge in [0.25, 0.3) is 0 Å². The van der Waals surface area contributed by atoms with E-state index in [1.807, 2.05) is 26.8 Å². The minimum Gasteiger partial charge on any atom is -0.466 e. The molecule has 2 heterocycles. The highest BCUT2D eigenvalue weighted by Gasteiger charge is 2.27. The lowest BCUT2D eigenvalue weighted by Gasteiger charge is -2.32. The number of rotatable bonds is 9. The van der Waals surface area contributed by atoms with Gasteiger partial charge < -0.3 is 30.0 Å². The highest BCUT2D eigenvalue weighted by molar-refractivity contribution is 5.79. The number of hydrogen-bond donors (Lipinski definition) is 3. The lowest BCUT2D eigenvalue weighted by molar-refractivity contribution is 0.0657. The lowest BCUT2D eigenvalue weighted by Crippen LogP contribution is -2.44. The lowest BCUT2D eigenvalue weighted by atomic mass is 9.96. The predicted octanol–water partition coefficient (Wildman–Crippen LogP) is 1.69. The Balaban J connectivity index is 1.76. The number of guanidine groups is 1. The Hall–Kier alpha value is -1.57. The first kappa shape index (κ1) is 22.7. The first-order valence-corrected chi connectivity index (χ1v) is 10.5. The normalized spacial score (nSPS) is 18.9. The van der Waals surface area contributed by atoms with Crippen LogP contribution in [-0.4, -0.2) is 80.3 Å². The summed E-state index contributed by atoms with van der Waals surface area (Å²) in [4.78, 5) is 9.53. The highest BCUT2D eigenvalue weighted by Crippen LogP contribution is 2.27. The van der Waals surface area contributed by atoms with Gasteiger partial charge in [0, 0.05) is 44.8 Å². The standard InChI is InChI=1S/C21H39N5O2/c1-6-22-20(23-9-7-8-10-26-13-11-25(5)12-14-26)24-16-21(4,27)19-15-17(2)28-18(19)3/h15,27H,6-14,16H2,1-5H3,(H2,22,23,24). The van der Waals surface area contributed by atoms with Gasteiger partial charge in [0.15, 0.2) is 5.96 Å². The van der Waals surface area contributed by atoms with Crippen LogP contribution in [0.5, 0.6) is 0 Å². The molecule has 1 saturated heterocycles. The Morgan fingerprint density at radius 1 is 1.21 bits per heavy atom. The van der Waals surface area contributed by atoms with Crippen molar-refractivity contribution in [2.45, 2.75) is 46.1 Å². The molecule has 1 unspecified atom stereocenters. The Morgan fingerprint density at radius 3 is 2.54 bits per heavy atom. The number of aliphatic imine (C=N–C) groups is 1. The van der Waals surface area contributed by atoms with Gasteiger partial charge in [0.1, 0.15) is 17.1 Å². The molecule has 0 radical (unpaired) electrons. The van der Waals surface area contributed by atoms with Gasteiger partial charge >= 0.3 is 0 Å². The maximum atomic E-state index is 10.8. The number of hydrogen-bond acceptors (Lipinski definition) is 5. The zero-order valence-corrected chi connectivity index (χ0v) is 18.3. The van der Waals surface area contributed by atoms with Crippen LogP contribution in [0.3, 0.4) is 0 Å². The smallest absolute Gasteiger partial charge is 0.191 e. The van der Waals surface area contributed by atoms with E-state index in [2.05, 4.69) is 32.5 Å². The van der Waals surface area contributed by atoms with Crippen LogP contribution < -0.4 is 10.6 Å². The maximum absolute atomic E-state index is 10.8. The molecule has 1 aromatic heterocycles. The van der Waals surface area contributed by atoms with E-state index in [0.29, 0.717) is 0 Å². The van der Waals surface area contributed by atoms with Crippen molar-refractivity contribution in [3.05, 3.63) is 23.2 Å². The summed E-state index contributed by atoms with van der Waals surface area (Å²) in [6, 6.07) is 1.89. The topological polar surface area (TPSA) is 76.3 Å². The third kappa shape index (κ3) is 7.11. The molecule has 1 aliphatic heterocycles. The van der Waals surface area contributed by atoms with Crippen LogP contribution in [0.4, 0.5) is 0 Å². The quantitative estimate of drug-likeness (QED) is 0.337. The van der Waals surface area contributed by atoms with Crippen molar-refractivity contribution in [3.8, 4) is 0 Å². The van der Waals surface area contributed by atoms with E-state index in [9.17, 15) is 5.11 Å². The summed E-state index contributed by atoms with van der Waals surface area (Å²) in [5.41, 5.74) is -0.247. The van der Waals surface area contributed by atoms with Crippen LogP contribution in [-0.2, 0) is 5.60 Å². The molecule has 1 atom stereocenters. The van der Waals surface area contributed by atoms with Gasteiger partial charge in [-0.25, -0.2) is 4.99 Å². The fraction of sp³-hybridized carbons (Fsp3) is 0.762. The summed E-state index contributed by atoms with van der Waals surface area (Å²) >= 11 is 0. The molecule has 0 aromatic carbocycles. The van der Waals surface area contributed by atoms with Crippen molar-refractivity contribution in [1.82, 2.24) is 20.4 Å². The van der Waals surface area contributed by atoms with Crippen LogP contribution in [0.25, 0.3) is 0 Å². The molecule has 7 nitrogen and oxygen atoms in total. The molecule has 28 heavy (non-hydrogen) atoms. The summed E-state index contributed by atoms with van der Waals surface area (Å²) in [5.74, 6) is 2.31. The SMILES string of the molecule is CCNC(=NCC(C)(O)c1cc(C)oc1C)NCCCCN1CCN(C)CC1. The fourth-order valence-electron chi connectivity index (χ4n) is 3.56. The van der Waals surface area contributed by atoms with Crippen molar-refractivity contribution in [3.63, 3.8) is 0 Å². The van der Waals surface area contributed by atoms with Crippen molar-refractivity contribution in [2.24, 2.45) is 4.99 Å². The molecule has 0 saturated carbocycles. The van der Waals surface area contributed by atoms with Gasteiger partial charge in [-0.3, -0.25) is 0 Å². The molecule has 1 aromatic rings. The summed E-state index contributed by atoms with van der Waals surface area (Å²) in [6.45, 7) is 15.4. The van der Waals surface area contributed by atoms with E-state index in [-0.39, 0.29) is 6.54 Å². The Labute approximate surface area is 170 Å². The van der Waals surface area contributed by atoms with Crippen LogP contribution in [0.1, 0.15) is 43.8 Å². The molecule has 2 rings (SSSR count). The molecule has 1 aliphatic rings. The van der Waals surface area contributed by atoms with E-state index in [0.717, 1.165) is 49.1 Å². The van der Waals surface area contributed by atoms with Crippen molar-refractivity contribution < 1.29 is 9.52 Å². The first-order chi connectivity index (χ1) is 13.3. The third-order valence-electron chi connectivity index (χ3n) is 5.30. The molecule has 0 bridgehead atoms. The van der Waals surface area contributed by atoms with Crippen LogP contribution in [0, 0.1) is 13.8 Å². The number of nitrogens with zero attached hydrogens (tertiary/aromatic N) is 3. The summed E-state index contributed by atoms with van der Waals surface area (Å²) in [6.07, 6.45) is 2.29. The largest absolute Gasteiger partial charge is 0.466 e. The highest BCUT2D eigenvalue weighted by atomic mass is 16.3. The molecule has 0 amide bonds. The number of aryl methyl sites for hydroxylation is 2. The van der Waals surface area contributed by atoms with E-state index in [4.69, 9.17) is 4.42 Å². The Morgan fingerprint density at radius 2 is 1.93 bits per heavy atom. The molecular formula is C21H39N5O2. The summed E-state index contributed by atoms with van der Waals surface area (Å²) in [7, 11) is 2.19. The van der Waals surface area contributed by atoms with Crippen molar-refractivity contribution >= 4 is 5.96 Å². The maximum Gasteiger partial charge on any atom is 0.191 e. The zero-order chi connectivity index (χ0) is 20.6. The van der Waals surface area contributed by atoms with Crippen molar-refractivity contribution in [1.29, 1.82) is 0 Å². The zero-order valence-electron chi connectivity index (χ0n) is 18.3. The van der Waals surface area contributed by atoms with Gasteiger partial charge in [0.2, 0.25) is 0 Å². The summed E-state index contributed by atoms with van der Waals surface area (Å²) in [5, 5.41) is 17.5. The van der Waals surface area contributed by atoms with Gasteiger partial charge in [-0.15, -0.1) is 0 Å². The molecule has 0 aliphatic carbocycles. The minimum atomic E-state index is -1.05. The molecule has 160 valence electrons. The fourth-order valence-corrected chi connectivity index (χ4v) is 3.56. The van der Waals surface area contributed by atoms with Crippen LogP contribution in [0.15, 0.2) is 15.5 Å². The van der Waals surface area contributed by atoms with Gasteiger partial charge in [-0.1, -0.05) is 0 Å². The average molecular weight is 394 g/mol. The average Bonchev–Trinajstić information content (AvgIpc) is 3.00. The molecule has 1 fully saturated rings. The van der Waals surface area contributed by atoms with E-state index < -0.39 is 5.60 Å². The number of likely N-dealkylation sites (N-methyl/N-ethyl adjacent to an activating group) is 1. The van der Waals surface area contributed by atoms with Gasteiger partial charge in [-0.05, 0) is 60.2 Å². The van der Waals surface area contributed by atoms with E-state index in [1.165, 1.54) is 32.6 Å². The summed E-state index contributed by atoms with van der Waals surface area (Å²) < 4.78 is 5.56. The van der Waals surface area contributed by atoms with Crippen molar-refractivity contribution in [2.75, 3.05) is 59.4 Å². The van der Waals surface area contributed by atoms with Gasteiger partial charge in [-0.2, -0.15) is 0 Å². The van der Waals surface area contributed by atoms with E-state index in [1.54, 1.807) is 6.92 Å². The Bertz CT molecular complexity index is 618. The molecule has 3 N–H and O–H groups in total. The second-order valence-electron chi connectivity index (χ2n) is 8.07. The minimum absolute atomic E-state index is 0.281. The second-order valence-corrected chi connectivity index (χ2v) is 8.07. The first-order valence-electron chi connectivity index (χ1n) is 10.5. The van der Waals surface area contributed by atoms with Gasteiger partial charge in [0.05, 0.1) is 6.54 Å². The number of piperazine rings is 1.